The summed E-state index contributed by atoms with van der Waals surface area (Å²) in [6.07, 6.45) is 4.34. The van der Waals surface area contributed by atoms with Gasteiger partial charge in [0.15, 0.2) is 6.23 Å². The lowest BCUT2D eigenvalue weighted by Crippen LogP contribution is -2.57. The van der Waals surface area contributed by atoms with Crippen molar-refractivity contribution in [1.29, 1.82) is 0 Å². The molecule has 0 amide bonds. The van der Waals surface area contributed by atoms with E-state index in [1.807, 2.05) is 0 Å². The lowest BCUT2D eigenvalue weighted by atomic mass is 9.88. The molecule has 1 aliphatic carbocycles. The van der Waals surface area contributed by atoms with Crippen molar-refractivity contribution < 1.29 is 24.2 Å². The van der Waals surface area contributed by atoms with Crippen LogP contribution in [0.25, 0.3) is 0 Å². The molecular weight excluding hydrogens is 286 g/mol. The Morgan fingerprint density at radius 1 is 1.50 bits per heavy atom. The van der Waals surface area contributed by atoms with Crippen molar-refractivity contribution in [3.8, 4) is 0 Å². The highest BCUT2D eigenvalue weighted by atomic mass is 16.5. The molecule has 1 atom stereocenters. The number of carboxylic acid groups (broad SMARTS) is 1. The molecule has 2 rings (SSSR count). The molecule has 1 heterocycles. The number of carbonyl (C=O) groups is 2. The van der Waals surface area contributed by atoms with Crippen LogP contribution in [0.15, 0.2) is 23.5 Å². The van der Waals surface area contributed by atoms with E-state index in [1.165, 1.54) is 0 Å². The van der Waals surface area contributed by atoms with E-state index in [0.717, 1.165) is 11.1 Å². The van der Waals surface area contributed by atoms with Crippen molar-refractivity contribution in [3.05, 3.63) is 23.5 Å². The van der Waals surface area contributed by atoms with E-state index in [1.54, 1.807) is 38.2 Å². The first-order chi connectivity index (χ1) is 10.4. The summed E-state index contributed by atoms with van der Waals surface area (Å²) in [5.74, 6) is -0.719. The number of ether oxygens (including phenoxy) is 2. The van der Waals surface area contributed by atoms with E-state index in [2.05, 4.69) is 0 Å². The van der Waals surface area contributed by atoms with Gasteiger partial charge in [0.2, 0.25) is 0 Å². The SMILES string of the molecule is COCC1=C(C2OC=CCN2C(C)(C)C(=O)O)CCC(=O)C1. The smallest absolute Gasteiger partial charge is 0.323 e. The van der Waals surface area contributed by atoms with Gasteiger partial charge in [-0.3, -0.25) is 9.59 Å². The predicted molar refractivity (Wildman–Crippen MR) is 80.2 cm³/mol. The fourth-order valence-corrected chi connectivity index (χ4v) is 2.88. The van der Waals surface area contributed by atoms with Gasteiger partial charge >= 0.3 is 5.97 Å². The van der Waals surface area contributed by atoms with Crippen LogP contribution in [0, 0.1) is 0 Å². The van der Waals surface area contributed by atoms with E-state index < -0.39 is 17.7 Å². The van der Waals surface area contributed by atoms with Gasteiger partial charge in [-0.05, 0) is 37.5 Å². The molecule has 1 unspecified atom stereocenters. The average molecular weight is 309 g/mol. The molecule has 122 valence electrons. The van der Waals surface area contributed by atoms with Gasteiger partial charge in [-0.1, -0.05) is 0 Å². The fraction of sp³-hybridized carbons (Fsp3) is 0.625. The third-order valence-corrected chi connectivity index (χ3v) is 4.28. The van der Waals surface area contributed by atoms with Crippen LogP contribution in [-0.2, 0) is 19.1 Å². The Hall–Kier alpha value is -1.66. The van der Waals surface area contributed by atoms with E-state index in [-0.39, 0.29) is 5.78 Å². The van der Waals surface area contributed by atoms with Crippen molar-refractivity contribution in [2.24, 2.45) is 0 Å². The molecule has 0 aromatic heterocycles. The molecule has 0 spiro atoms. The molecular formula is C16H23NO5. The van der Waals surface area contributed by atoms with E-state index in [0.29, 0.717) is 32.4 Å². The molecule has 0 radical (unpaired) electrons. The standard InChI is InChI=1S/C16H23NO5/c1-16(2,15(19)20)17-7-4-8-22-14(17)13-6-5-12(18)9-11(13)10-21-3/h4,8,14H,5-7,9-10H2,1-3H3,(H,19,20). The van der Waals surface area contributed by atoms with Gasteiger partial charge in [-0.15, -0.1) is 0 Å². The molecule has 0 saturated heterocycles. The number of nitrogens with zero attached hydrogens (tertiary/aromatic N) is 1. The number of rotatable bonds is 5. The molecule has 1 aliphatic heterocycles. The molecule has 2 aliphatic rings. The quantitative estimate of drug-likeness (QED) is 0.779. The Morgan fingerprint density at radius 3 is 2.86 bits per heavy atom. The van der Waals surface area contributed by atoms with Crippen LogP contribution in [-0.4, -0.2) is 53.8 Å². The van der Waals surface area contributed by atoms with Gasteiger partial charge in [0.1, 0.15) is 11.3 Å². The first-order valence-electron chi connectivity index (χ1n) is 7.40. The Morgan fingerprint density at radius 2 is 2.23 bits per heavy atom. The van der Waals surface area contributed by atoms with Crippen molar-refractivity contribution in [2.45, 2.75) is 44.9 Å². The number of carboxylic acids is 1. The number of Topliss-reactive ketones (excluding diaryl/α,β-unsaturated/α-hetero) is 1. The number of ketones is 1. The molecule has 0 aromatic carbocycles. The van der Waals surface area contributed by atoms with Gasteiger partial charge in [-0.2, -0.15) is 0 Å². The van der Waals surface area contributed by atoms with Crippen LogP contribution < -0.4 is 0 Å². The molecule has 6 nitrogen and oxygen atoms in total. The lowest BCUT2D eigenvalue weighted by molar-refractivity contribution is -0.156. The second kappa shape index (κ2) is 6.62. The van der Waals surface area contributed by atoms with Gasteiger partial charge in [-0.25, -0.2) is 4.90 Å². The van der Waals surface area contributed by atoms with Crippen LogP contribution in [0.2, 0.25) is 0 Å². The summed E-state index contributed by atoms with van der Waals surface area (Å²) in [5.41, 5.74) is 0.813. The summed E-state index contributed by atoms with van der Waals surface area (Å²) in [6, 6.07) is 0. The van der Waals surface area contributed by atoms with Gasteiger partial charge < -0.3 is 14.6 Å². The minimum Gasteiger partial charge on any atom is -0.480 e. The van der Waals surface area contributed by atoms with Crippen molar-refractivity contribution >= 4 is 11.8 Å². The van der Waals surface area contributed by atoms with Gasteiger partial charge in [0.05, 0.1) is 12.9 Å². The third kappa shape index (κ3) is 3.23. The van der Waals surface area contributed by atoms with E-state index in [4.69, 9.17) is 9.47 Å². The molecule has 6 heteroatoms. The molecule has 0 bridgehead atoms. The van der Waals surface area contributed by atoms with Crippen LogP contribution in [0.3, 0.4) is 0 Å². The normalized spacial score (nSPS) is 23.6. The fourth-order valence-electron chi connectivity index (χ4n) is 2.88. The van der Waals surface area contributed by atoms with Crippen LogP contribution >= 0.6 is 0 Å². The van der Waals surface area contributed by atoms with Crippen molar-refractivity contribution in [2.75, 3.05) is 20.3 Å². The maximum Gasteiger partial charge on any atom is 0.323 e. The zero-order chi connectivity index (χ0) is 16.3. The predicted octanol–water partition coefficient (Wildman–Crippen LogP) is 1.72. The highest BCUT2D eigenvalue weighted by molar-refractivity contribution is 5.83. The highest BCUT2D eigenvalue weighted by Gasteiger charge is 2.42. The number of carbonyl (C=O) groups excluding carboxylic acids is 1. The van der Waals surface area contributed by atoms with Gasteiger partial charge in [0.25, 0.3) is 0 Å². The van der Waals surface area contributed by atoms with Crippen molar-refractivity contribution in [1.82, 2.24) is 4.90 Å². The Bertz CT molecular complexity index is 521. The van der Waals surface area contributed by atoms with Gasteiger partial charge in [0, 0.05) is 26.5 Å². The maximum atomic E-state index is 11.7. The topological polar surface area (TPSA) is 76.1 Å². The minimum atomic E-state index is -1.07. The number of hydrogen-bond donors (Lipinski definition) is 1. The number of aliphatic carboxylic acids is 1. The summed E-state index contributed by atoms with van der Waals surface area (Å²) in [5, 5.41) is 9.50. The monoisotopic (exact) mass is 309 g/mol. The second-order valence-electron chi connectivity index (χ2n) is 6.15. The minimum absolute atomic E-state index is 0.186. The van der Waals surface area contributed by atoms with Crippen molar-refractivity contribution in [3.63, 3.8) is 0 Å². The second-order valence-corrected chi connectivity index (χ2v) is 6.15. The third-order valence-electron chi connectivity index (χ3n) is 4.28. The van der Waals surface area contributed by atoms with Crippen LogP contribution in [0.4, 0.5) is 0 Å². The number of methoxy groups -OCH3 is 1. The average Bonchev–Trinajstić information content (AvgIpc) is 2.47. The first-order valence-corrected chi connectivity index (χ1v) is 7.40. The lowest BCUT2D eigenvalue weighted by Gasteiger charge is -2.43. The summed E-state index contributed by atoms with van der Waals surface area (Å²) >= 11 is 0. The van der Waals surface area contributed by atoms with Crippen LogP contribution in [0.5, 0.6) is 0 Å². The molecule has 1 N–H and O–H groups in total. The largest absolute Gasteiger partial charge is 0.480 e. The highest BCUT2D eigenvalue weighted by Crippen LogP contribution is 2.33. The Kier molecular flexibility index (Phi) is 5.03. The summed E-state index contributed by atoms with van der Waals surface area (Å²) in [7, 11) is 1.59. The summed E-state index contributed by atoms with van der Waals surface area (Å²) in [6.45, 7) is 4.18. The molecule has 0 fully saturated rings. The zero-order valence-electron chi connectivity index (χ0n) is 13.3. The Balaban J connectivity index is 2.38. The number of hydrogen-bond acceptors (Lipinski definition) is 5. The molecule has 0 saturated carbocycles. The first kappa shape index (κ1) is 16.7. The molecule has 0 aromatic rings. The van der Waals surface area contributed by atoms with E-state index in [9.17, 15) is 14.7 Å². The summed E-state index contributed by atoms with van der Waals surface area (Å²) < 4.78 is 10.9. The molecule has 22 heavy (non-hydrogen) atoms. The Labute approximate surface area is 130 Å². The van der Waals surface area contributed by atoms with E-state index >= 15 is 0 Å². The maximum absolute atomic E-state index is 11.7. The van der Waals surface area contributed by atoms with Crippen LogP contribution in [0.1, 0.15) is 33.1 Å². The zero-order valence-corrected chi connectivity index (χ0v) is 13.3. The summed E-state index contributed by atoms with van der Waals surface area (Å²) in [4.78, 5) is 25.1.